The van der Waals surface area contributed by atoms with E-state index in [1.54, 1.807) is 16.8 Å². The van der Waals surface area contributed by atoms with Crippen LogP contribution in [0.25, 0.3) is 11.4 Å². The van der Waals surface area contributed by atoms with Crippen LogP contribution in [0.15, 0.2) is 18.2 Å². The third-order valence-electron chi connectivity index (χ3n) is 4.11. The maximum absolute atomic E-state index is 14.0. The van der Waals surface area contributed by atoms with E-state index in [0.29, 0.717) is 23.2 Å². The molecule has 20 heavy (non-hydrogen) atoms. The number of ether oxygens (including phenoxy) is 1. The summed E-state index contributed by atoms with van der Waals surface area (Å²) in [6.07, 6.45) is 3.42. The third kappa shape index (κ3) is 1.70. The number of tetrazole rings is 1. The van der Waals surface area contributed by atoms with Gasteiger partial charge in [-0.2, -0.15) is 0 Å². The van der Waals surface area contributed by atoms with Gasteiger partial charge in [-0.25, -0.2) is 9.07 Å². The maximum Gasteiger partial charge on any atom is 0.185 e. The molecule has 3 unspecified atom stereocenters. The Hall–Kier alpha value is -2.02. The Kier molecular flexibility index (Phi) is 2.50. The van der Waals surface area contributed by atoms with E-state index in [-0.39, 0.29) is 12.1 Å². The van der Waals surface area contributed by atoms with Crippen LogP contribution in [0.2, 0.25) is 0 Å². The molecular weight excluding hydrogens is 261 g/mol. The van der Waals surface area contributed by atoms with Crippen LogP contribution in [-0.2, 0) is 4.74 Å². The van der Waals surface area contributed by atoms with Crippen molar-refractivity contribution < 1.29 is 9.13 Å². The van der Waals surface area contributed by atoms with Crippen LogP contribution in [0.1, 0.15) is 25.3 Å². The number of rotatable bonds is 2. The van der Waals surface area contributed by atoms with Gasteiger partial charge in [0.1, 0.15) is 5.82 Å². The smallest absolute Gasteiger partial charge is 0.185 e. The van der Waals surface area contributed by atoms with Gasteiger partial charge in [0.15, 0.2) is 5.82 Å². The van der Waals surface area contributed by atoms with Crippen LogP contribution in [0.4, 0.5) is 10.1 Å². The van der Waals surface area contributed by atoms with Crippen molar-refractivity contribution in [3.63, 3.8) is 0 Å². The van der Waals surface area contributed by atoms with Crippen LogP contribution in [-0.4, -0.2) is 32.4 Å². The molecule has 3 heterocycles. The van der Waals surface area contributed by atoms with E-state index < -0.39 is 5.82 Å². The largest absolute Gasteiger partial charge is 0.399 e. The average Bonchev–Trinajstić information content (AvgIpc) is 3.14. The fraction of sp³-hybridized carbons (Fsp3) is 0.462. The zero-order chi connectivity index (χ0) is 13.7. The minimum atomic E-state index is -0.412. The number of nitrogens with zero attached hydrogens (tertiary/aromatic N) is 4. The van der Waals surface area contributed by atoms with Gasteiger partial charge in [0.2, 0.25) is 0 Å². The van der Waals surface area contributed by atoms with Crippen LogP contribution >= 0.6 is 0 Å². The zero-order valence-electron chi connectivity index (χ0n) is 10.7. The molecule has 0 radical (unpaired) electrons. The summed E-state index contributed by atoms with van der Waals surface area (Å²) < 4.78 is 21.6. The number of nitrogen functional groups attached to an aromatic ring is 1. The molecule has 0 spiro atoms. The molecule has 2 N–H and O–H groups in total. The number of halogens is 1. The minimum absolute atomic E-state index is 0.0932. The summed E-state index contributed by atoms with van der Waals surface area (Å²) >= 11 is 0. The Labute approximate surface area is 114 Å². The van der Waals surface area contributed by atoms with Gasteiger partial charge >= 0.3 is 0 Å². The number of fused-ring (bicyclic) bond motifs is 2. The number of anilines is 1. The second kappa shape index (κ2) is 4.24. The van der Waals surface area contributed by atoms with Gasteiger partial charge in [0.05, 0.1) is 23.8 Å². The molecule has 0 saturated carbocycles. The van der Waals surface area contributed by atoms with Crippen LogP contribution in [0, 0.1) is 5.82 Å². The summed E-state index contributed by atoms with van der Waals surface area (Å²) in [6.45, 7) is 0. The highest BCUT2D eigenvalue weighted by Crippen LogP contribution is 2.42. The van der Waals surface area contributed by atoms with Gasteiger partial charge in [-0.15, -0.1) is 5.10 Å². The molecule has 104 valence electrons. The second-order valence-electron chi connectivity index (χ2n) is 5.36. The number of hydrogen-bond acceptors (Lipinski definition) is 5. The molecule has 2 aliphatic heterocycles. The first-order valence-corrected chi connectivity index (χ1v) is 6.71. The van der Waals surface area contributed by atoms with Gasteiger partial charge in [-0.3, -0.25) is 0 Å². The first kappa shape index (κ1) is 11.8. The summed E-state index contributed by atoms with van der Waals surface area (Å²) in [4.78, 5) is 0. The highest BCUT2D eigenvalue weighted by molar-refractivity contribution is 5.59. The van der Waals surface area contributed by atoms with Crippen molar-refractivity contribution in [1.82, 2.24) is 20.2 Å². The van der Waals surface area contributed by atoms with Crippen LogP contribution in [0.3, 0.4) is 0 Å². The molecular formula is C13H14FN5O. The zero-order valence-corrected chi connectivity index (χ0v) is 10.7. The molecule has 4 rings (SSSR count). The summed E-state index contributed by atoms with van der Waals surface area (Å²) in [5.74, 6) is 0.0220. The standard InChI is InChI=1S/C13H14FN5O/c14-10-5-7(15)1-3-9(10)13-16-17-18-19(13)11-6-8-2-4-12(11)20-8/h1,3,5,8,11-12H,2,4,6,15H2. The average molecular weight is 275 g/mol. The molecule has 7 heteroatoms. The molecule has 2 aromatic rings. The fourth-order valence-corrected chi connectivity index (χ4v) is 3.18. The lowest BCUT2D eigenvalue weighted by Crippen LogP contribution is -2.23. The first-order chi connectivity index (χ1) is 9.72. The van der Waals surface area contributed by atoms with Crippen LogP contribution < -0.4 is 5.73 Å². The molecule has 0 aliphatic carbocycles. The molecule has 6 nitrogen and oxygen atoms in total. The van der Waals surface area contributed by atoms with E-state index in [2.05, 4.69) is 15.5 Å². The maximum atomic E-state index is 14.0. The highest BCUT2D eigenvalue weighted by Gasteiger charge is 2.43. The Morgan fingerprint density at radius 1 is 1.35 bits per heavy atom. The quantitative estimate of drug-likeness (QED) is 0.841. The molecule has 2 bridgehead atoms. The van der Waals surface area contributed by atoms with E-state index in [0.717, 1.165) is 19.3 Å². The van der Waals surface area contributed by atoms with Crippen molar-refractivity contribution in [1.29, 1.82) is 0 Å². The van der Waals surface area contributed by atoms with E-state index in [9.17, 15) is 4.39 Å². The monoisotopic (exact) mass is 275 g/mol. The topological polar surface area (TPSA) is 78.9 Å². The van der Waals surface area contributed by atoms with Gasteiger partial charge in [0.25, 0.3) is 0 Å². The van der Waals surface area contributed by atoms with E-state index in [4.69, 9.17) is 10.5 Å². The number of nitrogens with two attached hydrogens (primary N) is 1. The van der Waals surface area contributed by atoms with Crippen molar-refractivity contribution in [3.8, 4) is 11.4 Å². The molecule has 2 fully saturated rings. The second-order valence-corrected chi connectivity index (χ2v) is 5.36. The summed E-state index contributed by atoms with van der Waals surface area (Å²) in [5, 5.41) is 11.7. The lowest BCUT2D eigenvalue weighted by Gasteiger charge is -2.19. The Morgan fingerprint density at radius 2 is 2.25 bits per heavy atom. The SMILES string of the molecule is Nc1ccc(-c2nnnn2C2CC3CCC2O3)c(F)c1. The highest BCUT2D eigenvalue weighted by atomic mass is 19.1. The van der Waals surface area contributed by atoms with Crippen molar-refractivity contribution in [2.75, 3.05) is 5.73 Å². The lowest BCUT2D eigenvalue weighted by molar-refractivity contribution is 0.0921. The number of hydrogen-bond donors (Lipinski definition) is 1. The Balaban J connectivity index is 1.75. The van der Waals surface area contributed by atoms with Gasteiger partial charge in [-0.05, 0) is 47.9 Å². The van der Waals surface area contributed by atoms with Crippen molar-refractivity contribution >= 4 is 5.69 Å². The van der Waals surface area contributed by atoms with Gasteiger partial charge in [-0.1, -0.05) is 0 Å². The molecule has 1 aromatic carbocycles. The molecule has 3 atom stereocenters. The predicted octanol–water partition coefficient (Wildman–Crippen LogP) is 1.55. The number of aromatic nitrogens is 4. The summed E-state index contributed by atoms with van der Waals surface area (Å²) in [5.41, 5.74) is 6.32. The van der Waals surface area contributed by atoms with Gasteiger partial charge in [0, 0.05) is 5.69 Å². The number of benzene rings is 1. The molecule has 1 aromatic heterocycles. The van der Waals surface area contributed by atoms with E-state index in [1.165, 1.54) is 6.07 Å². The minimum Gasteiger partial charge on any atom is -0.399 e. The van der Waals surface area contributed by atoms with E-state index in [1.807, 2.05) is 0 Å². The van der Waals surface area contributed by atoms with Crippen LogP contribution in [0.5, 0.6) is 0 Å². The van der Waals surface area contributed by atoms with Gasteiger partial charge < -0.3 is 10.5 Å². The molecule has 2 saturated heterocycles. The Bertz CT molecular complexity index is 658. The first-order valence-electron chi connectivity index (χ1n) is 6.71. The predicted molar refractivity (Wildman–Crippen MR) is 69.2 cm³/mol. The summed E-state index contributed by atoms with van der Waals surface area (Å²) in [7, 11) is 0. The Morgan fingerprint density at radius 3 is 2.95 bits per heavy atom. The van der Waals surface area contributed by atoms with Crippen molar-refractivity contribution in [3.05, 3.63) is 24.0 Å². The van der Waals surface area contributed by atoms with E-state index >= 15 is 0 Å². The summed E-state index contributed by atoms with van der Waals surface area (Å²) in [6, 6.07) is 4.64. The molecule has 2 aliphatic rings. The fourth-order valence-electron chi connectivity index (χ4n) is 3.18. The van der Waals surface area contributed by atoms with Crippen molar-refractivity contribution in [2.24, 2.45) is 0 Å². The van der Waals surface area contributed by atoms with Crippen molar-refractivity contribution in [2.45, 2.75) is 37.5 Å². The molecule has 0 amide bonds. The third-order valence-corrected chi connectivity index (χ3v) is 4.11. The lowest BCUT2D eigenvalue weighted by atomic mass is 9.95. The normalized spacial score (nSPS) is 28.1.